The van der Waals surface area contributed by atoms with Crippen LogP contribution in [0, 0.1) is 27.7 Å². The molecule has 0 atom stereocenters. The molecule has 2 aromatic heterocycles. The summed E-state index contributed by atoms with van der Waals surface area (Å²) in [5.41, 5.74) is 6.36. The van der Waals surface area contributed by atoms with Crippen molar-refractivity contribution < 1.29 is 4.79 Å². The van der Waals surface area contributed by atoms with Crippen LogP contribution in [0.1, 0.15) is 33.1 Å². The minimum atomic E-state index is -0.188. The summed E-state index contributed by atoms with van der Waals surface area (Å²) in [4.78, 5) is 12.8. The molecule has 6 nitrogen and oxygen atoms in total. The number of carbonyl (C=O) groups is 1. The number of nitrogens with zero attached hydrogens (tertiary/aromatic N) is 4. The van der Waals surface area contributed by atoms with Gasteiger partial charge in [-0.1, -0.05) is 29.8 Å². The lowest BCUT2D eigenvalue weighted by Crippen LogP contribution is -2.13. The Hall–Kier alpha value is -3.38. The van der Waals surface area contributed by atoms with Crippen LogP contribution in [0.3, 0.4) is 0 Å². The molecule has 0 radical (unpaired) electrons. The second-order valence-electron chi connectivity index (χ2n) is 7.19. The van der Waals surface area contributed by atoms with Gasteiger partial charge in [-0.25, -0.2) is 9.36 Å². The predicted octanol–water partition coefficient (Wildman–Crippen LogP) is 5.20. The molecule has 7 heteroatoms. The van der Waals surface area contributed by atoms with Crippen molar-refractivity contribution in [1.82, 2.24) is 19.6 Å². The molecule has 30 heavy (non-hydrogen) atoms. The van der Waals surface area contributed by atoms with Gasteiger partial charge >= 0.3 is 0 Å². The van der Waals surface area contributed by atoms with E-state index < -0.39 is 0 Å². The molecule has 0 spiro atoms. The molecule has 4 rings (SSSR count). The normalized spacial score (nSPS) is 11.0. The number of halogens is 1. The average Bonchev–Trinajstić information content (AvgIpc) is 3.19. The number of nitrogens with one attached hydrogen (secondary N) is 1. The summed E-state index contributed by atoms with van der Waals surface area (Å²) < 4.78 is 3.61. The average molecular weight is 420 g/mol. The van der Waals surface area contributed by atoms with Gasteiger partial charge in [0.15, 0.2) is 0 Å². The summed E-state index contributed by atoms with van der Waals surface area (Å²) in [6, 6.07) is 17.1. The van der Waals surface area contributed by atoms with Gasteiger partial charge in [-0.15, -0.1) is 0 Å². The second kappa shape index (κ2) is 7.80. The Kier molecular flexibility index (Phi) is 5.18. The van der Waals surface area contributed by atoms with E-state index in [0.29, 0.717) is 10.6 Å². The monoisotopic (exact) mass is 419 g/mol. The third kappa shape index (κ3) is 3.50. The van der Waals surface area contributed by atoms with Crippen LogP contribution in [0.4, 0.5) is 5.69 Å². The first-order valence-electron chi connectivity index (χ1n) is 9.62. The minimum absolute atomic E-state index is 0.188. The zero-order valence-electron chi connectivity index (χ0n) is 17.3. The lowest BCUT2D eigenvalue weighted by Gasteiger charge is -2.09. The smallest absolute Gasteiger partial charge is 0.255 e. The summed E-state index contributed by atoms with van der Waals surface area (Å²) >= 11 is 6.24. The second-order valence-corrected chi connectivity index (χ2v) is 7.57. The maximum atomic E-state index is 12.8. The van der Waals surface area contributed by atoms with E-state index in [1.807, 2.05) is 74.8 Å². The minimum Gasteiger partial charge on any atom is -0.319 e. The van der Waals surface area contributed by atoms with E-state index in [0.717, 1.165) is 39.8 Å². The van der Waals surface area contributed by atoms with Gasteiger partial charge in [0, 0.05) is 5.56 Å². The summed E-state index contributed by atoms with van der Waals surface area (Å²) in [6.07, 6.45) is 0. The molecular weight excluding hydrogens is 398 g/mol. The van der Waals surface area contributed by atoms with Gasteiger partial charge in [-0.05, 0) is 64.1 Å². The zero-order valence-corrected chi connectivity index (χ0v) is 18.0. The zero-order chi connectivity index (χ0) is 21.4. The fraction of sp³-hybridized carbons (Fsp3) is 0.174. The van der Waals surface area contributed by atoms with Crippen molar-refractivity contribution in [3.8, 4) is 11.4 Å². The Morgan fingerprint density at radius 1 is 0.800 bits per heavy atom. The highest BCUT2D eigenvalue weighted by Crippen LogP contribution is 2.25. The van der Waals surface area contributed by atoms with E-state index >= 15 is 0 Å². The highest BCUT2D eigenvalue weighted by Gasteiger charge is 2.17. The van der Waals surface area contributed by atoms with Gasteiger partial charge in [0.2, 0.25) is 0 Å². The Balaban J connectivity index is 1.58. The molecular formula is C23H22ClN5O. The summed E-state index contributed by atoms with van der Waals surface area (Å²) in [5, 5.41) is 12.7. The van der Waals surface area contributed by atoms with Crippen LogP contribution in [-0.2, 0) is 0 Å². The number of rotatable bonds is 4. The van der Waals surface area contributed by atoms with Gasteiger partial charge in [-0.2, -0.15) is 10.2 Å². The number of aromatic nitrogens is 4. The molecule has 0 aliphatic heterocycles. The molecule has 0 aliphatic carbocycles. The predicted molar refractivity (Wildman–Crippen MR) is 119 cm³/mol. The van der Waals surface area contributed by atoms with E-state index in [4.69, 9.17) is 11.6 Å². The van der Waals surface area contributed by atoms with Crippen molar-refractivity contribution in [2.45, 2.75) is 27.7 Å². The number of anilines is 1. The molecule has 152 valence electrons. The van der Waals surface area contributed by atoms with Crippen LogP contribution >= 0.6 is 11.6 Å². The molecule has 1 amide bonds. The third-order valence-corrected chi connectivity index (χ3v) is 5.65. The van der Waals surface area contributed by atoms with E-state index in [1.165, 1.54) is 0 Å². The molecule has 0 saturated carbocycles. The van der Waals surface area contributed by atoms with Crippen LogP contribution in [0.5, 0.6) is 0 Å². The van der Waals surface area contributed by atoms with E-state index in [1.54, 1.807) is 16.8 Å². The van der Waals surface area contributed by atoms with Gasteiger partial charge < -0.3 is 5.32 Å². The molecule has 0 aliphatic rings. The van der Waals surface area contributed by atoms with Crippen LogP contribution in [0.15, 0.2) is 54.6 Å². The Morgan fingerprint density at radius 3 is 1.97 bits per heavy atom. The van der Waals surface area contributed by atoms with Gasteiger partial charge in [0.1, 0.15) is 0 Å². The molecule has 2 heterocycles. The van der Waals surface area contributed by atoms with Crippen molar-refractivity contribution in [2.24, 2.45) is 0 Å². The molecule has 4 aromatic rings. The fourth-order valence-corrected chi connectivity index (χ4v) is 3.58. The molecule has 0 unspecified atom stereocenters. The number of hydrogen-bond acceptors (Lipinski definition) is 3. The number of para-hydroxylation sites is 1. The Labute approximate surface area is 180 Å². The molecule has 0 fully saturated rings. The SMILES string of the molecule is Cc1nn(-c2ccc(C(=O)Nc3c(C)nn(-c4ccccc4)c3C)cc2)c(C)c1Cl. The number of hydrogen-bond donors (Lipinski definition) is 1. The topological polar surface area (TPSA) is 64.7 Å². The van der Waals surface area contributed by atoms with Crippen LogP contribution in [0.2, 0.25) is 5.02 Å². The largest absolute Gasteiger partial charge is 0.319 e. The standard InChI is InChI=1S/C23H22ClN5O/c1-14-21(24)16(3)28(26-14)20-12-10-18(11-13-20)23(30)25-22-15(2)27-29(17(22)4)19-8-6-5-7-9-19/h5-13H,1-4H3,(H,25,30). The maximum Gasteiger partial charge on any atom is 0.255 e. The van der Waals surface area contributed by atoms with E-state index in [2.05, 4.69) is 15.5 Å². The molecule has 0 bridgehead atoms. The first kappa shape index (κ1) is 19.9. The fourth-order valence-electron chi connectivity index (χ4n) is 3.46. The first-order chi connectivity index (χ1) is 14.4. The summed E-state index contributed by atoms with van der Waals surface area (Å²) in [7, 11) is 0. The molecule has 0 saturated heterocycles. The highest BCUT2D eigenvalue weighted by atomic mass is 35.5. The van der Waals surface area contributed by atoms with E-state index in [-0.39, 0.29) is 5.91 Å². The van der Waals surface area contributed by atoms with Gasteiger partial charge in [0.05, 0.1) is 44.9 Å². The van der Waals surface area contributed by atoms with E-state index in [9.17, 15) is 4.79 Å². The molecule has 1 N–H and O–H groups in total. The number of benzene rings is 2. The van der Waals surface area contributed by atoms with Crippen molar-refractivity contribution >= 4 is 23.2 Å². The van der Waals surface area contributed by atoms with Crippen LogP contribution < -0.4 is 5.32 Å². The number of carbonyl (C=O) groups excluding carboxylic acids is 1. The number of amides is 1. The summed E-state index contributed by atoms with van der Waals surface area (Å²) in [5.74, 6) is -0.188. The molecule has 2 aromatic carbocycles. The van der Waals surface area contributed by atoms with Crippen molar-refractivity contribution in [1.29, 1.82) is 0 Å². The Bertz CT molecular complexity index is 1220. The van der Waals surface area contributed by atoms with Gasteiger partial charge in [-0.3, -0.25) is 4.79 Å². The lowest BCUT2D eigenvalue weighted by atomic mass is 10.2. The third-order valence-electron chi connectivity index (χ3n) is 5.11. The quantitative estimate of drug-likeness (QED) is 0.494. The van der Waals surface area contributed by atoms with Crippen LogP contribution in [-0.4, -0.2) is 25.5 Å². The lowest BCUT2D eigenvalue weighted by molar-refractivity contribution is 0.102. The maximum absolute atomic E-state index is 12.8. The number of aryl methyl sites for hydroxylation is 2. The van der Waals surface area contributed by atoms with Gasteiger partial charge in [0.25, 0.3) is 5.91 Å². The van der Waals surface area contributed by atoms with Crippen molar-refractivity contribution in [3.05, 3.63) is 88.0 Å². The first-order valence-corrected chi connectivity index (χ1v) is 9.99. The van der Waals surface area contributed by atoms with Crippen LogP contribution in [0.25, 0.3) is 11.4 Å². The van der Waals surface area contributed by atoms with Crippen molar-refractivity contribution in [2.75, 3.05) is 5.32 Å². The van der Waals surface area contributed by atoms with Crippen molar-refractivity contribution in [3.63, 3.8) is 0 Å². The highest BCUT2D eigenvalue weighted by molar-refractivity contribution is 6.31. The Morgan fingerprint density at radius 2 is 1.37 bits per heavy atom. The summed E-state index contributed by atoms with van der Waals surface area (Å²) in [6.45, 7) is 7.61.